The Morgan fingerprint density at radius 1 is 1.10 bits per heavy atom. The molecule has 2 aromatic carbocycles. The average molecular weight is 429 g/mol. The topological polar surface area (TPSA) is 59.5 Å². The van der Waals surface area contributed by atoms with Crippen LogP contribution in [0.2, 0.25) is 0 Å². The van der Waals surface area contributed by atoms with Crippen LogP contribution < -0.4 is 4.74 Å². The van der Waals surface area contributed by atoms with Gasteiger partial charge in [-0.3, -0.25) is 0 Å². The van der Waals surface area contributed by atoms with Gasteiger partial charge < -0.3 is 4.74 Å². The van der Waals surface area contributed by atoms with E-state index in [2.05, 4.69) is 0 Å². The summed E-state index contributed by atoms with van der Waals surface area (Å²) < 4.78 is 33.3. The van der Waals surface area contributed by atoms with Crippen LogP contribution in [0.15, 0.2) is 47.4 Å². The molecule has 0 bridgehead atoms. The van der Waals surface area contributed by atoms with Crippen LogP contribution in [-0.4, -0.2) is 30.9 Å². The van der Waals surface area contributed by atoms with Crippen LogP contribution in [-0.2, 0) is 23.0 Å². The minimum absolute atomic E-state index is 0.361. The fraction of sp³-hybridized carbons (Fsp3) is 0.318. The Labute approximate surface area is 176 Å². The highest BCUT2D eigenvalue weighted by molar-refractivity contribution is 7.89. The van der Waals surface area contributed by atoms with E-state index in [0.29, 0.717) is 31.0 Å². The summed E-state index contributed by atoms with van der Waals surface area (Å²) in [5, 5.41) is 0.920. The monoisotopic (exact) mass is 428 g/mol. The van der Waals surface area contributed by atoms with Crippen molar-refractivity contribution in [1.29, 1.82) is 0 Å². The lowest BCUT2D eigenvalue weighted by Gasteiger charge is -2.25. The number of hydrogen-bond donors (Lipinski definition) is 0. The third-order valence-electron chi connectivity index (χ3n) is 5.22. The van der Waals surface area contributed by atoms with Gasteiger partial charge in [0.2, 0.25) is 10.0 Å². The highest BCUT2D eigenvalue weighted by Gasteiger charge is 2.30. The van der Waals surface area contributed by atoms with Crippen molar-refractivity contribution < 1.29 is 13.2 Å². The van der Waals surface area contributed by atoms with Gasteiger partial charge in [-0.25, -0.2) is 13.4 Å². The third-order valence-corrected chi connectivity index (χ3v) is 8.20. The van der Waals surface area contributed by atoms with Crippen LogP contribution in [0.25, 0.3) is 10.6 Å². The van der Waals surface area contributed by atoms with Gasteiger partial charge in [-0.05, 0) is 68.3 Å². The second-order valence-corrected chi connectivity index (χ2v) is 10.2. The van der Waals surface area contributed by atoms with Gasteiger partial charge in [-0.15, -0.1) is 11.3 Å². The first-order valence-electron chi connectivity index (χ1n) is 9.67. The number of aryl methyl sites for hydroxylation is 2. The minimum Gasteiger partial charge on any atom is -0.494 e. The summed E-state index contributed by atoms with van der Waals surface area (Å²) in [7, 11) is -3.52. The third kappa shape index (κ3) is 3.95. The van der Waals surface area contributed by atoms with Gasteiger partial charge in [0.05, 0.1) is 23.7 Å². The zero-order chi connectivity index (χ0) is 20.6. The molecule has 1 aliphatic heterocycles. The molecule has 0 saturated heterocycles. The molecule has 0 radical (unpaired) electrons. The van der Waals surface area contributed by atoms with Crippen LogP contribution in [0.1, 0.15) is 28.6 Å². The number of hydrogen-bond acceptors (Lipinski definition) is 5. The molecule has 0 aliphatic carbocycles. The van der Waals surface area contributed by atoms with Crippen molar-refractivity contribution >= 4 is 21.4 Å². The highest BCUT2D eigenvalue weighted by Crippen LogP contribution is 2.34. The van der Waals surface area contributed by atoms with E-state index in [0.717, 1.165) is 38.0 Å². The summed E-state index contributed by atoms with van der Waals surface area (Å²) in [4.78, 5) is 6.15. The molecule has 1 aromatic heterocycles. The van der Waals surface area contributed by atoms with Crippen molar-refractivity contribution in [3.8, 4) is 16.3 Å². The number of aromatic nitrogens is 1. The van der Waals surface area contributed by atoms with E-state index in [1.165, 1.54) is 0 Å². The maximum absolute atomic E-state index is 13.1. The average Bonchev–Trinajstić information content (AvgIpc) is 3.14. The Hall–Kier alpha value is -2.22. The van der Waals surface area contributed by atoms with Crippen molar-refractivity contribution in [1.82, 2.24) is 9.29 Å². The van der Waals surface area contributed by atoms with Crippen molar-refractivity contribution in [2.45, 2.75) is 38.6 Å². The summed E-state index contributed by atoms with van der Waals surface area (Å²) >= 11 is 1.57. The quantitative estimate of drug-likeness (QED) is 0.597. The summed E-state index contributed by atoms with van der Waals surface area (Å²) in [6.07, 6.45) is 0.632. The zero-order valence-corrected chi connectivity index (χ0v) is 18.4. The molecule has 0 fully saturated rings. The maximum Gasteiger partial charge on any atom is 0.243 e. The normalized spacial score (nSPS) is 14.6. The van der Waals surface area contributed by atoms with Crippen LogP contribution in [0.5, 0.6) is 5.75 Å². The van der Waals surface area contributed by atoms with Gasteiger partial charge >= 0.3 is 0 Å². The number of fused-ring (bicyclic) bond motifs is 1. The number of ether oxygens (including phenoxy) is 1. The number of benzene rings is 2. The molecule has 5 nitrogen and oxygen atoms in total. The van der Waals surface area contributed by atoms with E-state index in [1.54, 1.807) is 27.8 Å². The standard InChI is InChI=1S/C22H24N2O3S2/c1-4-27-18-8-6-17(7-9-18)22-23-20-11-12-24(14-21(20)28-22)29(25,26)19-10-5-15(2)16(3)13-19/h5-10,13H,4,11-12,14H2,1-3H3. The lowest BCUT2D eigenvalue weighted by atomic mass is 10.1. The molecule has 0 saturated carbocycles. The van der Waals surface area contributed by atoms with Crippen molar-refractivity contribution in [2.24, 2.45) is 0 Å². The number of thiazole rings is 1. The fourth-order valence-electron chi connectivity index (χ4n) is 3.38. The number of nitrogens with zero attached hydrogens (tertiary/aromatic N) is 2. The van der Waals surface area contributed by atoms with Gasteiger partial charge in [-0.1, -0.05) is 6.07 Å². The van der Waals surface area contributed by atoms with Gasteiger partial charge in [0.15, 0.2) is 0 Å². The first kappa shape index (κ1) is 20.1. The molecule has 0 amide bonds. The molecule has 0 atom stereocenters. The molecule has 1 aliphatic rings. The molecule has 0 spiro atoms. The van der Waals surface area contributed by atoms with E-state index in [9.17, 15) is 8.42 Å². The second kappa shape index (κ2) is 7.89. The van der Waals surface area contributed by atoms with Crippen LogP contribution in [0, 0.1) is 13.8 Å². The fourth-order valence-corrected chi connectivity index (χ4v) is 6.09. The minimum atomic E-state index is -3.52. The van der Waals surface area contributed by atoms with Crippen molar-refractivity contribution in [3.63, 3.8) is 0 Å². The molecule has 3 aromatic rings. The number of sulfonamides is 1. The Balaban J connectivity index is 1.58. The molecule has 0 N–H and O–H groups in total. The van der Waals surface area contributed by atoms with Crippen LogP contribution in [0.3, 0.4) is 0 Å². The Morgan fingerprint density at radius 3 is 2.55 bits per heavy atom. The molecular weight excluding hydrogens is 404 g/mol. The van der Waals surface area contributed by atoms with Gasteiger partial charge in [0.1, 0.15) is 10.8 Å². The van der Waals surface area contributed by atoms with Crippen molar-refractivity contribution in [3.05, 3.63) is 64.2 Å². The van der Waals surface area contributed by atoms with Gasteiger partial charge in [-0.2, -0.15) is 4.31 Å². The summed E-state index contributed by atoms with van der Waals surface area (Å²) in [5.74, 6) is 0.836. The SMILES string of the molecule is CCOc1ccc(-c2nc3c(s2)CN(S(=O)(=O)c2ccc(C)c(C)c2)CC3)cc1. The van der Waals surface area contributed by atoms with E-state index in [1.807, 2.05) is 51.1 Å². The molecular formula is C22H24N2O3S2. The summed E-state index contributed by atoms with van der Waals surface area (Å²) in [6, 6.07) is 13.2. The van der Waals surface area contributed by atoms with Crippen LogP contribution >= 0.6 is 11.3 Å². The van der Waals surface area contributed by atoms with Gasteiger partial charge in [0.25, 0.3) is 0 Å². The first-order valence-corrected chi connectivity index (χ1v) is 11.9. The summed E-state index contributed by atoms with van der Waals surface area (Å²) in [5.41, 5.74) is 4.11. The molecule has 0 unspecified atom stereocenters. The van der Waals surface area contributed by atoms with E-state index in [4.69, 9.17) is 9.72 Å². The lowest BCUT2D eigenvalue weighted by molar-refractivity contribution is 0.340. The van der Waals surface area contributed by atoms with E-state index in [-0.39, 0.29) is 0 Å². The highest BCUT2D eigenvalue weighted by atomic mass is 32.2. The Morgan fingerprint density at radius 2 is 1.86 bits per heavy atom. The van der Waals surface area contributed by atoms with E-state index >= 15 is 0 Å². The second-order valence-electron chi connectivity index (χ2n) is 7.18. The molecule has 29 heavy (non-hydrogen) atoms. The smallest absolute Gasteiger partial charge is 0.243 e. The first-order chi connectivity index (χ1) is 13.9. The Bertz CT molecular complexity index is 1140. The predicted molar refractivity (Wildman–Crippen MR) is 116 cm³/mol. The zero-order valence-electron chi connectivity index (χ0n) is 16.8. The molecule has 152 valence electrons. The van der Waals surface area contributed by atoms with Gasteiger partial charge in [0, 0.05) is 23.4 Å². The van der Waals surface area contributed by atoms with Crippen molar-refractivity contribution in [2.75, 3.05) is 13.2 Å². The van der Waals surface area contributed by atoms with Crippen LogP contribution in [0.4, 0.5) is 0 Å². The molecule has 7 heteroatoms. The maximum atomic E-state index is 13.1. The Kier molecular flexibility index (Phi) is 5.46. The molecule has 2 heterocycles. The number of rotatable bonds is 5. The van der Waals surface area contributed by atoms with E-state index < -0.39 is 10.0 Å². The summed E-state index contributed by atoms with van der Waals surface area (Å²) in [6.45, 7) is 7.35. The largest absolute Gasteiger partial charge is 0.494 e. The lowest BCUT2D eigenvalue weighted by Crippen LogP contribution is -2.35. The molecule has 4 rings (SSSR count). The predicted octanol–water partition coefficient (Wildman–Crippen LogP) is 4.57.